The van der Waals surface area contributed by atoms with Gasteiger partial charge in [-0.3, -0.25) is 4.79 Å². The highest BCUT2D eigenvalue weighted by atomic mass is 16.5. The van der Waals surface area contributed by atoms with Gasteiger partial charge in [0.05, 0.1) is 0 Å². The predicted molar refractivity (Wildman–Crippen MR) is 114 cm³/mol. The Kier molecular flexibility index (Phi) is 5.94. The lowest BCUT2D eigenvalue weighted by Crippen LogP contribution is -2.02. The molecule has 1 N–H and O–H groups in total. The summed E-state index contributed by atoms with van der Waals surface area (Å²) < 4.78 is 6.08. The summed E-state index contributed by atoms with van der Waals surface area (Å²) in [6.45, 7) is 2.08. The summed E-state index contributed by atoms with van der Waals surface area (Å²) in [5, 5.41) is 13.9. The summed E-state index contributed by atoms with van der Waals surface area (Å²) in [6, 6.07) is 23.8. The number of ketones is 1. The quantitative estimate of drug-likeness (QED) is 0.444. The fraction of sp³-hybridized carbons (Fsp3) is 0.167. The fourth-order valence-corrected chi connectivity index (χ4v) is 3.26. The summed E-state index contributed by atoms with van der Waals surface area (Å²) in [6.07, 6.45) is 1.60. The number of rotatable bonds is 8. The minimum absolute atomic E-state index is 0.0517. The van der Waals surface area contributed by atoms with E-state index in [1.165, 1.54) is 5.56 Å². The number of hydrogen-bond donors (Lipinski definition) is 1. The van der Waals surface area contributed by atoms with Gasteiger partial charge >= 0.3 is 0 Å². The van der Waals surface area contributed by atoms with Gasteiger partial charge in [0.15, 0.2) is 11.6 Å². The second-order valence-electron chi connectivity index (χ2n) is 7.10. The Morgan fingerprint density at radius 3 is 2.43 bits per heavy atom. The first-order chi connectivity index (χ1) is 14.7. The van der Waals surface area contributed by atoms with Crippen LogP contribution >= 0.6 is 0 Å². The predicted octanol–water partition coefficient (Wildman–Crippen LogP) is 4.43. The van der Waals surface area contributed by atoms with Crippen LogP contribution in [-0.4, -0.2) is 26.4 Å². The zero-order chi connectivity index (χ0) is 20.8. The van der Waals surface area contributed by atoms with Gasteiger partial charge in [-0.15, -0.1) is 5.10 Å². The lowest BCUT2D eigenvalue weighted by atomic mass is 9.99. The standard InChI is InChI=1S/C24H22N4O2/c1-17(29)21-13-14-23(30-16-19-5-3-2-4-6-19)22(15-21)12-9-18-7-10-20(11-8-18)24-25-27-28-26-24/h2-8,10-11,13-15H,9,12,16H2,1H3,(H,25,26,27,28). The van der Waals surface area contributed by atoms with Crippen LogP contribution in [0.2, 0.25) is 0 Å². The molecule has 6 heteroatoms. The Hall–Kier alpha value is -3.80. The molecule has 0 fully saturated rings. The second kappa shape index (κ2) is 9.13. The molecule has 150 valence electrons. The van der Waals surface area contributed by atoms with Gasteiger partial charge in [0, 0.05) is 11.1 Å². The van der Waals surface area contributed by atoms with Crippen LogP contribution in [0.4, 0.5) is 0 Å². The van der Waals surface area contributed by atoms with Crippen LogP contribution in [0, 0.1) is 0 Å². The minimum atomic E-state index is 0.0517. The number of nitrogens with zero attached hydrogens (tertiary/aromatic N) is 3. The van der Waals surface area contributed by atoms with E-state index in [4.69, 9.17) is 4.74 Å². The Morgan fingerprint density at radius 1 is 0.933 bits per heavy atom. The molecule has 30 heavy (non-hydrogen) atoms. The largest absolute Gasteiger partial charge is 0.489 e. The first kappa shape index (κ1) is 19.5. The molecular weight excluding hydrogens is 376 g/mol. The zero-order valence-electron chi connectivity index (χ0n) is 16.7. The molecule has 0 saturated heterocycles. The van der Waals surface area contributed by atoms with E-state index < -0.39 is 0 Å². The first-order valence-corrected chi connectivity index (χ1v) is 9.82. The molecule has 1 heterocycles. The van der Waals surface area contributed by atoms with Crippen molar-refractivity contribution in [1.82, 2.24) is 20.6 Å². The number of aromatic amines is 1. The molecule has 0 unspecified atom stereocenters. The molecular formula is C24H22N4O2. The minimum Gasteiger partial charge on any atom is -0.489 e. The van der Waals surface area contributed by atoms with E-state index in [-0.39, 0.29) is 5.78 Å². The molecule has 1 aromatic heterocycles. The maximum Gasteiger partial charge on any atom is 0.179 e. The smallest absolute Gasteiger partial charge is 0.179 e. The van der Waals surface area contributed by atoms with Gasteiger partial charge in [0.1, 0.15) is 12.4 Å². The molecule has 4 rings (SSSR count). The fourth-order valence-electron chi connectivity index (χ4n) is 3.26. The molecule has 6 nitrogen and oxygen atoms in total. The lowest BCUT2D eigenvalue weighted by Gasteiger charge is -2.13. The van der Waals surface area contributed by atoms with E-state index in [9.17, 15) is 4.79 Å². The SMILES string of the molecule is CC(=O)c1ccc(OCc2ccccc2)c(CCc2ccc(-c3nnn[nH]3)cc2)c1. The van der Waals surface area contributed by atoms with Crippen molar-refractivity contribution in [2.24, 2.45) is 0 Å². The van der Waals surface area contributed by atoms with Gasteiger partial charge < -0.3 is 4.74 Å². The maximum atomic E-state index is 11.9. The van der Waals surface area contributed by atoms with Gasteiger partial charge in [-0.25, -0.2) is 5.10 Å². The Morgan fingerprint density at radius 2 is 1.73 bits per heavy atom. The van der Waals surface area contributed by atoms with Crippen LogP contribution in [0.5, 0.6) is 5.75 Å². The van der Waals surface area contributed by atoms with Gasteiger partial charge in [-0.1, -0.05) is 54.6 Å². The van der Waals surface area contributed by atoms with E-state index in [1.54, 1.807) is 6.92 Å². The van der Waals surface area contributed by atoms with Crippen LogP contribution in [0.15, 0.2) is 72.8 Å². The summed E-state index contributed by atoms with van der Waals surface area (Å²) in [4.78, 5) is 11.9. The van der Waals surface area contributed by atoms with Crippen LogP contribution in [0.3, 0.4) is 0 Å². The number of nitrogens with one attached hydrogen (secondary N) is 1. The number of benzene rings is 3. The third kappa shape index (κ3) is 4.78. The number of hydrogen-bond acceptors (Lipinski definition) is 5. The van der Waals surface area contributed by atoms with Crippen molar-refractivity contribution in [3.63, 3.8) is 0 Å². The highest BCUT2D eigenvalue weighted by molar-refractivity contribution is 5.94. The average Bonchev–Trinajstić information content (AvgIpc) is 3.32. The van der Waals surface area contributed by atoms with Gasteiger partial charge in [0.2, 0.25) is 0 Å². The van der Waals surface area contributed by atoms with Crippen molar-refractivity contribution in [2.75, 3.05) is 0 Å². The highest BCUT2D eigenvalue weighted by Gasteiger charge is 2.10. The Balaban J connectivity index is 1.48. The summed E-state index contributed by atoms with van der Waals surface area (Å²) >= 11 is 0. The van der Waals surface area contributed by atoms with E-state index >= 15 is 0 Å². The Labute approximate surface area is 174 Å². The van der Waals surface area contributed by atoms with Crippen molar-refractivity contribution >= 4 is 5.78 Å². The molecule has 0 spiro atoms. The number of ether oxygens (including phenoxy) is 1. The normalized spacial score (nSPS) is 10.7. The zero-order valence-corrected chi connectivity index (χ0v) is 16.7. The molecule has 4 aromatic rings. The molecule has 0 radical (unpaired) electrons. The first-order valence-electron chi connectivity index (χ1n) is 9.82. The molecule has 0 amide bonds. The van der Waals surface area contributed by atoms with Crippen molar-refractivity contribution in [2.45, 2.75) is 26.4 Å². The van der Waals surface area contributed by atoms with Crippen molar-refractivity contribution in [3.8, 4) is 17.1 Å². The van der Waals surface area contributed by atoms with E-state index in [1.807, 2.05) is 60.7 Å². The number of carbonyl (C=O) groups excluding carboxylic acids is 1. The number of H-pyrrole nitrogens is 1. The number of Topliss-reactive ketones (excluding diaryl/α,β-unsaturated/α-hetero) is 1. The van der Waals surface area contributed by atoms with Crippen LogP contribution in [-0.2, 0) is 19.4 Å². The van der Waals surface area contributed by atoms with Crippen molar-refractivity contribution < 1.29 is 9.53 Å². The van der Waals surface area contributed by atoms with Crippen molar-refractivity contribution in [3.05, 3.63) is 95.1 Å². The van der Waals surface area contributed by atoms with E-state index in [0.29, 0.717) is 18.0 Å². The van der Waals surface area contributed by atoms with Crippen LogP contribution in [0.1, 0.15) is 34.0 Å². The second-order valence-corrected chi connectivity index (χ2v) is 7.10. The number of aryl methyl sites for hydroxylation is 2. The monoisotopic (exact) mass is 398 g/mol. The molecule has 0 atom stereocenters. The van der Waals surface area contributed by atoms with Gasteiger partial charge in [0.25, 0.3) is 0 Å². The molecule has 3 aromatic carbocycles. The van der Waals surface area contributed by atoms with E-state index in [2.05, 4.69) is 32.8 Å². The van der Waals surface area contributed by atoms with Crippen molar-refractivity contribution in [1.29, 1.82) is 0 Å². The Bertz CT molecular complexity index is 1110. The van der Waals surface area contributed by atoms with Gasteiger partial charge in [-0.2, -0.15) is 0 Å². The number of aromatic nitrogens is 4. The molecule has 0 aliphatic rings. The molecule has 0 bridgehead atoms. The molecule has 0 aliphatic carbocycles. The molecule has 0 saturated carbocycles. The number of carbonyl (C=O) groups is 1. The third-order valence-electron chi connectivity index (χ3n) is 4.96. The topological polar surface area (TPSA) is 80.8 Å². The van der Waals surface area contributed by atoms with Crippen LogP contribution in [0.25, 0.3) is 11.4 Å². The number of tetrazole rings is 1. The summed E-state index contributed by atoms with van der Waals surface area (Å²) in [5.74, 6) is 1.51. The maximum absolute atomic E-state index is 11.9. The third-order valence-corrected chi connectivity index (χ3v) is 4.96. The average molecular weight is 398 g/mol. The summed E-state index contributed by atoms with van der Waals surface area (Å²) in [7, 11) is 0. The van der Waals surface area contributed by atoms with Gasteiger partial charge in [-0.05, 0) is 65.1 Å². The molecule has 0 aliphatic heterocycles. The van der Waals surface area contributed by atoms with E-state index in [0.717, 1.165) is 35.3 Å². The summed E-state index contributed by atoms with van der Waals surface area (Å²) in [5.41, 5.74) is 4.96. The highest BCUT2D eigenvalue weighted by Crippen LogP contribution is 2.24. The lowest BCUT2D eigenvalue weighted by molar-refractivity contribution is 0.101. The van der Waals surface area contributed by atoms with Crippen LogP contribution < -0.4 is 4.74 Å².